The van der Waals surface area contributed by atoms with Gasteiger partial charge in [-0.05, 0) is 36.1 Å². The lowest BCUT2D eigenvalue weighted by molar-refractivity contribution is 0.643. The topological polar surface area (TPSA) is 55.0 Å². The molecule has 4 nitrogen and oxygen atoms in total. The lowest BCUT2D eigenvalue weighted by Crippen LogP contribution is -2.22. The van der Waals surface area contributed by atoms with Crippen LogP contribution in [0.25, 0.3) is 0 Å². The molecule has 1 aromatic heterocycles. The van der Waals surface area contributed by atoms with Gasteiger partial charge >= 0.3 is 0 Å². The third-order valence-electron chi connectivity index (χ3n) is 3.39. The minimum Gasteiger partial charge on any atom is -0.340 e. The van der Waals surface area contributed by atoms with E-state index in [1.165, 1.54) is 5.56 Å². The van der Waals surface area contributed by atoms with Crippen molar-refractivity contribution in [2.24, 2.45) is 5.73 Å². The standard InChI is InChI=1S/C16H21ClN4/c1-3-15(18)8-13-9-19-16(20-10-13)21(2)11-12-4-6-14(17)7-5-12/h4-7,9-10,15H,3,8,11,18H2,1-2H3. The van der Waals surface area contributed by atoms with Crippen molar-refractivity contribution in [1.29, 1.82) is 0 Å². The van der Waals surface area contributed by atoms with Gasteiger partial charge in [-0.15, -0.1) is 0 Å². The van der Waals surface area contributed by atoms with Gasteiger partial charge in [0.15, 0.2) is 0 Å². The summed E-state index contributed by atoms with van der Waals surface area (Å²) in [5, 5.41) is 0.745. The molecule has 0 radical (unpaired) electrons. The molecule has 2 aromatic rings. The molecule has 1 unspecified atom stereocenters. The molecule has 112 valence electrons. The van der Waals surface area contributed by atoms with Crippen molar-refractivity contribution < 1.29 is 0 Å². The molecule has 1 heterocycles. The molecule has 0 spiro atoms. The SMILES string of the molecule is CCC(N)Cc1cnc(N(C)Cc2ccc(Cl)cc2)nc1. The average Bonchev–Trinajstić information content (AvgIpc) is 2.50. The lowest BCUT2D eigenvalue weighted by Gasteiger charge is -2.17. The Morgan fingerprint density at radius 2 is 1.76 bits per heavy atom. The predicted octanol–water partition coefficient (Wildman–Crippen LogP) is 3.05. The van der Waals surface area contributed by atoms with Crippen LogP contribution >= 0.6 is 11.6 Å². The van der Waals surface area contributed by atoms with Crippen LogP contribution in [0, 0.1) is 0 Å². The van der Waals surface area contributed by atoms with Crippen molar-refractivity contribution >= 4 is 17.5 Å². The first kappa shape index (κ1) is 15.7. The number of nitrogens with zero attached hydrogens (tertiary/aromatic N) is 3. The zero-order valence-electron chi connectivity index (χ0n) is 12.5. The van der Waals surface area contributed by atoms with Gasteiger partial charge in [-0.25, -0.2) is 9.97 Å². The van der Waals surface area contributed by atoms with Crippen molar-refractivity contribution in [2.75, 3.05) is 11.9 Å². The van der Waals surface area contributed by atoms with Crippen molar-refractivity contribution in [2.45, 2.75) is 32.4 Å². The molecule has 0 aliphatic carbocycles. The number of anilines is 1. The van der Waals surface area contributed by atoms with E-state index in [0.29, 0.717) is 5.95 Å². The van der Waals surface area contributed by atoms with Gasteiger partial charge in [-0.2, -0.15) is 0 Å². The fourth-order valence-electron chi connectivity index (χ4n) is 2.03. The van der Waals surface area contributed by atoms with E-state index in [4.69, 9.17) is 17.3 Å². The van der Waals surface area contributed by atoms with Crippen LogP contribution in [0.15, 0.2) is 36.7 Å². The summed E-state index contributed by atoms with van der Waals surface area (Å²) in [6.07, 6.45) is 5.49. The third-order valence-corrected chi connectivity index (χ3v) is 3.64. The van der Waals surface area contributed by atoms with E-state index in [9.17, 15) is 0 Å². The molecular weight excluding hydrogens is 284 g/mol. The second-order valence-electron chi connectivity index (χ2n) is 5.25. The number of benzene rings is 1. The molecule has 21 heavy (non-hydrogen) atoms. The van der Waals surface area contributed by atoms with Crippen molar-refractivity contribution in [3.63, 3.8) is 0 Å². The van der Waals surface area contributed by atoms with Crippen LogP contribution in [0.3, 0.4) is 0 Å². The van der Waals surface area contributed by atoms with Gasteiger partial charge in [0, 0.05) is 37.1 Å². The van der Waals surface area contributed by atoms with Gasteiger partial charge in [-0.1, -0.05) is 30.7 Å². The Morgan fingerprint density at radius 3 is 2.33 bits per heavy atom. The second-order valence-corrected chi connectivity index (χ2v) is 5.68. The number of hydrogen-bond donors (Lipinski definition) is 1. The highest BCUT2D eigenvalue weighted by Crippen LogP contribution is 2.14. The monoisotopic (exact) mass is 304 g/mol. The highest BCUT2D eigenvalue weighted by atomic mass is 35.5. The van der Waals surface area contributed by atoms with E-state index in [2.05, 4.69) is 16.9 Å². The maximum absolute atomic E-state index is 5.94. The molecule has 0 bridgehead atoms. The van der Waals surface area contributed by atoms with Gasteiger partial charge in [0.2, 0.25) is 5.95 Å². The Morgan fingerprint density at radius 1 is 1.14 bits per heavy atom. The number of hydrogen-bond acceptors (Lipinski definition) is 4. The fourth-order valence-corrected chi connectivity index (χ4v) is 2.16. The summed E-state index contributed by atoms with van der Waals surface area (Å²) in [6, 6.07) is 7.97. The largest absolute Gasteiger partial charge is 0.340 e. The molecule has 0 aliphatic rings. The zero-order chi connectivity index (χ0) is 15.2. The molecule has 0 saturated heterocycles. The van der Waals surface area contributed by atoms with E-state index in [-0.39, 0.29) is 6.04 Å². The molecule has 2 N–H and O–H groups in total. The summed E-state index contributed by atoms with van der Waals surface area (Å²) in [5.74, 6) is 0.707. The lowest BCUT2D eigenvalue weighted by atomic mass is 10.1. The van der Waals surface area contributed by atoms with E-state index in [0.717, 1.165) is 30.0 Å². The molecule has 0 amide bonds. The minimum atomic E-state index is 0.172. The van der Waals surface area contributed by atoms with Gasteiger partial charge in [0.05, 0.1) is 0 Å². The summed E-state index contributed by atoms with van der Waals surface area (Å²) < 4.78 is 0. The first-order chi connectivity index (χ1) is 10.1. The smallest absolute Gasteiger partial charge is 0.225 e. The van der Waals surface area contributed by atoms with Gasteiger partial charge in [0.1, 0.15) is 0 Å². The second kappa shape index (κ2) is 7.38. The predicted molar refractivity (Wildman–Crippen MR) is 87.6 cm³/mol. The summed E-state index contributed by atoms with van der Waals surface area (Å²) >= 11 is 5.89. The molecule has 0 saturated carbocycles. The van der Waals surface area contributed by atoms with Crippen LogP contribution in [0.5, 0.6) is 0 Å². The van der Waals surface area contributed by atoms with Crippen LogP contribution in [-0.4, -0.2) is 23.1 Å². The zero-order valence-corrected chi connectivity index (χ0v) is 13.2. The number of rotatable bonds is 6. The maximum atomic E-state index is 5.94. The van der Waals surface area contributed by atoms with Crippen LogP contribution in [0.2, 0.25) is 5.02 Å². The minimum absolute atomic E-state index is 0.172. The molecule has 1 aromatic carbocycles. The first-order valence-corrected chi connectivity index (χ1v) is 7.48. The molecule has 0 aliphatic heterocycles. The molecule has 1 atom stereocenters. The Kier molecular flexibility index (Phi) is 5.53. The Labute approximate surface area is 131 Å². The van der Waals surface area contributed by atoms with Crippen LogP contribution in [0.4, 0.5) is 5.95 Å². The summed E-state index contributed by atoms with van der Waals surface area (Å²) in [5.41, 5.74) is 8.19. The van der Waals surface area contributed by atoms with E-state index >= 15 is 0 Å². The highest BCUT2D eigenvalue weighted by molar-refractivity contribution is 6.30. The van der Waals surface area contributed by atoms with Gasteiger partial charge in [-0.3, -0.25) is 0 Å². The molecule has 5 heteroatoms. The van der Waals surface area contributed by atoms with Crippen LogP contribution in [-0.2, 0) is 13.0 Å². The van der Waals surface area contributed by atoms with E-state index < -0.39 is 0 Å². The summed E-state index contributed by atoms with van der Waals surface area (Å²) in [4.78, 5) is 10.8. The molecule has 0 fully saturated rings. The normalized spacial score (nSPS) is 12.2. The Bertz CT molecular complexity index is 553. The maximum Gasteiger partial charge on any atom is 0.225 e. The molecular formula is C16H21ClN4. The van der Waals surface area contributed by atoms with Crippen LogP contribution in [0.1, 0.15) is 24.5 Å². The quantitative estimate of drug-likeness (QED) is 0.891. The number of aromatic nitrogens is 2. The van der Waals surface area contributed by atoms with Crippen molar-refractivity contribution in [3.05, 3.63) is 52.8 Å². The average molecular weight is 305 g/mol. The third kappa shape index (κ3) is 4.69. The van der Waals surface area contributed by atoms with Crippen molar-refractivity contribution in [3.8, 4) is 0 Å². The number of nitrogens with two attached hydrogens (primary N) is 1. The fraction of sp³-hybridized carbons (Fsp3) is 0.375. The summed E-state index contributed by atoms with van der Waals surface area (Å²) in [7, 11) is 1.97. The van der Waals surface area contributed by atoms with Crippen molar-refractivity contribution in [1.82, 2.24) is 9.97 Å². The van der Waals surface area contributed by atoms with Gasteiger partial charge < -0.3 is 10.6 Å². The summed E-state index contributed by atoms with van der Waals surface area (Å²) in [6.45, 7) is 2.82. The Hall–Kier alpha value is -1.65. The van der Waals surface area contributed by atoms with Gasteiger partial charge in [0.25, 0.3) is 0 Å². The van der Waals surface area contributed by atoms with E-state index in [1.807, 2.05) is 48.6 Å². The van der Waals surface area contributed by atoms with E-state index in [1.54, 1.807) is 0 Å². The molecule has 2 rings (SSSR count). The van der Waals surface area contributed by atoms with Crippen LogP contribution < -0.4 is 10.6 Å². The first-order valence-electron chi connectivity index (χ1n) is 7.10. The number of halogens is 1. The highest BCUT2D eigenvalue weighted by Gasteiger charge is 2.07. The Balaban J connectivity index is 1.99.